The maximum absolute atomic E-state index is 5.76. The van der Waals surface area contributed by atoms with Crippen LogP contribution in [0.4, 0.5) is 5.69 Å². The van der Waals surface area contributed by atoms with Crippen molar-refractivity contribution in [3.8, 4) is 5.75 Å². The normalized spacial score (nSPS) is 10.3. The number of aromatic nitrogens is 2. The predicted molar refractivity (Wildman–Crippen MR) is 63.3 cm³/mol. The Kier molecular flexibility index (Phi) is 3.10. The molecule has 0 unspecified atom stereocenters. The van der Waals surface area contributed by atoms with Gasteiger partial charge in [0.2, 0.25) is 0 Å². The highest BCUT2D eigenvalue weighted by Gasteiger charge is 2.00. The molecule has 0 saturated carbocycles. The van der Waals surface area contributed by atoms with Gasteiger partial charge >= 0.3 is 0 Å². The average molecular weight is 217 g/mol. The maximum atomic E-state index is 5.76. The second-order valence-electron chi connectivity index (χ2n) is 3.58. The fraction of sp³-hybridized carbons (Fsp3) is 0.250. The van der Waals surface area contributed by atoms with E-state index in [2.05, 4.69) is 5.10 Å². The lowest BCUT2D eigenvalue weighted by Gasteiger charge is -2.09. The Morgan fingerprint density at radius 2 is 2.12 bits per heavy atom. The SMILES string of the molecule is Cc1ccnn1CCOc1ccccc1N. The molecule has 0 spiro atoms. The van der Waals surface area contributed by atoms with Crippen LogP contribution in [0.25, 0.3) is 0 Å². The minimum atomic E-state index is 0.566. The molecule has 0 atom stereocenters. The van der Waals surface area contributed by atoms with Gasteiger partial charge in [0, 0.05) is 11.9 Å². The van der Waals surface area contributed by atoms with E-state index < -0.39 is 0 Å². The van der Waals surface area contributed by atoms with Gasteiger partial charge in [-0.3, -0.25) is 4.68 Å². The summed E-state index contributed by atoms with van der Waals surface area (Å²) in [7, 11) is 0. The van der Waals surface area contributed by atoms with Gasteiger partial charge in [-0.05, 0) is 25.1 Å². The summed E-state index contributed by atoms with van der Waals surface area (Å²) in [5.74, 6) is 0.729. The Balaban J connectivity index is 1.89. The summed E-state index contributed by atoms with van der Waals surface area (Å²) >= 11 is 0. The Hall–Kier alpha value is -1.97. The van der Waals surface area contributed by atoms with Crippen LogP contribution in [-0.2, 0) is 6.54 Å². The van der Waals surface area contributed by atoms with Crippen LogP contribution >= 0.6 is 0 Å². The molecular weight excluding hydrogens is 202 g/mol. The molecule has 0 aliphatic rings. The number of rotatable bonds is 4. The summed E-state index contributed by atoms with van der Waals surface area (Å²) in [6.07, 6.45) is 1.78. The average Bonchev–Trinajstić information content (AvgIpc) is 2.67. The van der Waals surface area contributed by atoms with Gasteiger partial charge in [0.05, 0.1) is 12.2 Å². The minimum absolute atomic E-state index is 0.566. The van der Waals surface area contributed by atoms with E-state index >= 15 is 0 Å². The van der Waals surface area contributed by atoms with Crippen molar-refractivity contribution in [2.24, 2.45) is 0 Å². The zero-order valence-electron chi connectivity index (χ0n) is 9.26. The molecule has 1 aromatic carbocycles. The summed E-state index contributed by atoms with van der Waals surface area (Å²) in [6, 6.07) is 9.46. The molecule has 84 valence electrons. The van der Waals surface area contributed by atoms with Crippen molar-refractivity contribution < 1.29 is 4.74 Å². The predicted octanol–water partition coefficient (Wildman–Crippen LogP) is 1.85. The van der Waals surface area contributed by atoms with E-state index in [1.54, 1.807) is 6.20 Å². The lowest BCUT2D eigenvalue weighted by molar-refractivity contribution is 0.291. The van der Waals surface area contributed by atoms with E-state index in [0.29, 0.717) is 12.3 Å². The highest BCUT2D eigenvalue weighted by molar-refractivity contribution is 5.51. The first-order valence-corrected chi connectivity index (χ1v) is 5.23. The Bertz CT molecular complexity index is 465. The van der Waals surface area contributed by atoms with Crippen molar-refractivity contribution in [2.45, 2.75) is 13.5 Å². The molecule has 4 nitrogen and oxygen atoms in total. The van der Waals surface area contributed by atoms with E-state index in [-0.39, 0.29) is 0 Å². The second-order valence-corrected chi connectivity index (χ2v) is 3.58. The smallest absolute Gasteiger partial charge is 0.142 e. The molecule has 16 heavy (non-hydrogen) atoms. The molecule has 4 heteroatoms. The Morgan fingerprint density at radius 3 is 2.81 bits per heavy atom. The Labute approximate surface area is 94.6 Å². The first kappa shape index (κ1) is 10.5. The van der Waals surface area contributed by atoms with Crippen LogP contribution in [0.2, 0.25) is 0 Å². The number of ether oxygens (including phenoxy) is 1. The summed E-state index contributed by atoms with van der Waals surface area (Å²) in [4.78, 5) is 0. The van der Waals surface area contributed by atoms with Crippen molar-refractivity contribution >= 4 is 5.69 Å². The highest BCUT2D eigenvalue weighted by atomic mass is 16.5. The number of nitrogens with zero attached hydrogens (tertiary/aromatic N) is 2. The third kappa shape index (κ3) is 2.34. The second kappa shape index (κ2) is 4.70. The van der Waals surface area contributed by atoms with E-state index in [0.717, 1.165) is 18.0 Å². The van der Waals surface area contributed by atoms with Crippen molar-refractivity contribution in [1.29, 1.82) is 0 Å². The highest BCUT2D eigenvalue weighted by Crippen LogP contribution is 2.19. The largest absolute Gasteiger partial charge is 0.490 e. The number of benzene rings is 1. The molecule has 0 aliphatic heterocycles. The van der Waals surface area contributed by atoms with Crippen LogP contribution in [0.3, 0.4) is 0 Å². The maximum Gasteiger partial charge on any atom is 0.142 e. The van der Waals surface area contributed by atoms with Crippen LogP contribution in [-0.4, -0.2) is 16.4 Å². The molecule has 0 fully saturated rings. The molecule has 0 amide bonds. The molecule has 2 rings (SSSR count). The van der Waals surface area contributed by atoms with Gasteiger partial charge in [-0.2, -0.15) is 5.10 Å². The van der Waals surface area contributed by atoms with Crippen molar-refractivity contribution in [3.05, 3.63) is 42.2 Å². The van der Waals surface area contributed by atoms with Crippen molar-refractivity contribution in [2.75, 3.05) is 12.3 Å². The van der Waals surface area contributed by atoms with Gasteiger partial charge < -0.3 is 10.5 Å². The monoisotopic (exact) mass is 217 g/mol. The van der Waals surface area contributed by atoms with Crippen LogP contribution in [0.1, 0.15) is 5.69 Å². The first-order valence-electron chi connectivity index (χ1n) is 5.23. The standard InChI is InChI=1S/C12H15N3O/c1-10-6-7-14-15(10)8-9-16-12-5-3-2-4-11(12)13/h2-7H,8-9,13H2,1H3. The van der Waals surface area contributed by atoms with Gasteiger partial charge in [0.15, 0.2) is 0 Å². The number of hydrogen-bond donors (Lipinski definition) is 1. The quantitative estimate of drug-likeness (QED) is 0.795. The van der Waals surface area contributed by atoms with Gasteiger partial charge in [-0.1, -0.05) is 12.1 Å². The molecule has 1 aromatic heterocycles. The van der Waals surface area contributed by atoms with Crippen LogP contribution < -0.4 is 10.5 Å². The molecule has 0 radical (unpaired) electrons. The number of anilines is 1. The van der Waals surface area contributed by atoms with Crippen molar-refractivity contribution in [3.63, 3.8) is 0 Å². The molecule has 1 heterocycles. The summed E-state index contributed by atoms with van der Waals surface area (Å²) in [6.45, 7) is 3.31. The zero-order chi connectivity index (χ0) is 11.4. The number of nitrogens with two attached hydrogens (primary N) is 1. The molecular formula is C12H15N3O. The summed E-state index contributed by atoms with van der Waals surface area (Å²) in [5, 5.41) is 4.17. The fourth-order valence-corrected chi connectivity index (χ4v) is 1.49. The first-order chi connectivity index (χ1) is 7.77. The molecule has 2 N–H and O–H groups in total. The topological polar surface area (TPSA) is 53.1 Å². The molecule has 2 aromatic rings. The lowest BCUT2D eigenvalue weighted by Crippen LogP contribution is -2.11. The van der Waals surface area contributed by atoms with Gasteiger partial charge in [-0.25, -0.2) is 0 Å². The van der Waals surface area contributed by atoms with Gasteiger partial charge in [0.25, 0.3) is 0 Å². The van der Waals surface area contributed by atoms with Gasteiger partial charge in [0.1, 0.15) is 12.4 Å². The Morgan fingerprint density at radius 1 is 1.31 bits per heavy atom. The number of para-hydroxylation sites is 2. The van der Waals surface area contributed by atoms with Crippen LogP contribution in [0.5, 0.6) is 5.75 Å². The number of hydrogen-bond acceptors (Lipinski definition) is 3. The van der Waals surface area contributed by atoms with E-state index in [1.165, 1.54) is 0 Å². The lowest BCUT2D eigenvalue weighted by atomic mass is 10.3. The van der Waals surface area contributed by atoms with Crippen LogP contribution in [0.15, 0.2) is 36.5 Å². The van der Waals surface area contributed by atoms with Gasteiger partial charge in [-0.15, -0.1) is 0 Å². The minimum Gasteiger partial charge on any atom is -0.490 e. The van der Waals surface area contributed by atoms with E-state index in [1.807, 2.05) is 41.9 Å². The third-order valence-electron chi connectivity index (χ3n) is 2.41. The van der Waals surface area contributed by atoms with E-state index in [9.17, 15) is 0 Å². The number of aryl methyl sites for hydroxylation is 1. The molecule has 0 aliphatic carbocycles. The summed E-state index contributed by atoms with van der Waals surface area (Å²) < 4.78 is 7.48. The summed E-state index contributed by atoms with van der Waals surface area (Å²) in [5.41, 5.74) is 7.56. The zero-order valence-corrected chi connectivity index (χ0v) is 9.26. The van der Waals surface area contributed by atoms with Crippen LogP contribution in [0, 0.1) is 6.92 Å². The van der Waals surface area contributed by atoms with E-state index in [4.69, 9.17) is 10.5 Å². The van der Waals surface area contributed by atoms with Crippen molar-refractivity contribution in [1.82, 2.24) is 9.78 Å². The number of nitrogen functional groups attached to an aromatic ring is 1. The third-order valence-corrected chi connectivity index (χ3v) is 2.41. The molecule has 0 bridgehead atoms. The fourth-order valence-electron chi connectivity index (χ4n) is 1.49. The molecule has 0 saturated heterocycles.